The van der Waals surface area contributed by atoms with Crippen LogP contribution >= 0.6 is 15.9 Å². The maximum absolute atomic E-state index is 12.6. The van der Waals surface area contributed by atoms with Crippen LogP contribution in [0.3, 0.4) is 0 Å². The summed E-state index contributed by atoms with van der Waals surface area (Å²) in [4.78, 5) is -0.116. The van der Waals surface area contributed by atoms with E-state index in [0.29, 0.717) is 4.90 Å². The molecular weight excluding hydrogens is 385 g/mol. The van der Waals surface area contributed by atoms with Gasteiger partial charge in [-0.05, 0) is 12.1 Å². The first kappa shape index (κ1) is 18.1. The van der Waals surface area contributed by atoms with Crippen LogP contribution in [0, 0.1) is 0 Å². The third kappa shape index (κ3) is 4.80. The highest BCUT2D eigenvalue weighted by Gasteiger charge is 2.35. The smallest absolute Gasteiger partial charge is 0.361 e. The van der Waals surface area contributed by atoms with Crippen molar-refractivity contribution in [1.82, 2.24) is 0 Å². The average molecular weight is 396 g/mol. The van der Waals surface area contributed by atoms with Crippen LogP contribution in [-0.2, 0) is 9.84 Å². The van der Waals surface area contributed by atoms with Crippen molar-refractivity contribution in [2.24, 2.45) is 0 Å². The van der Waals surface area contributed by atoms with Crippen LogP contribution in [-0.4, -0.2) is 38.8 Å². The molecule has 0 saturated carbocycles. The van der Waals surface area contributed by atoms with E-state index in [2.05, 4.69) is 15.9 Å². The molecule has 3 nitrogen and oxygen atoms in total. The maximum atomic E-state index is 12.6. The zero-order valence-corrected chi connectivity index (χ0v) is 12.9. The number of anilines is 1. The third-order valence-corrected chi connectivity index (χ3v) is 4.25. The van der Waals surface area contributed by atoms with Crippen LogP contribution in [0.25, 0.3) is 0 Å². The SMILES string of the molecule is O=S(=O)(c1ccccc1N(CCBr)CC(F)(F)F)C(F)F. The Hall–Kier alpha value is -0.900. The molecule has 0 spiro atoms. The molecule has 0 N–H and O–H groups in total. The quantitative estimate of drug-likeness (QED) is 0.546. The summed E-state index contributed by atoms with van der Waals surface area (Å²) in [5.41, 5.74) is -0.394. The minimum Gasteiger partial charge on any atom is -0.361 e. The minimum absolute atomic E-state index is 0.117. The lowest BCUT2D eigenvalue weighted by atomic mass is 10.3. The van der Waals surface area contributed by atoms with Crippen molar-refractivity contribution in [1.29, 1.82) is 0 Å². The number of rotatable bonds is 6. The number of alkyl halides is 6. The predicted molar refractivity (Wildman–Crippen MR) is 71.7 cm³/mol. The first-order valence-corrected chi connectivity index (χ1v) is 8.25. The zero-order chi connectivity index (χ0) is 16.3. The van der Waals surface area contributed by atoms with Gasteiger partial charge in [0.2, 0.25) is 9.84 Å². The minimum atomic E-state index is -4.98. The van der Waals surface area contributed by atoms with Crippen LogP contribution in [0.5, 0.6) is 0 Å². The molecule has 1 aromatic rings. The normalized spacial score (nSPS) is 12.7. The largest absolute Gasteiger partial charge is 0.405 e. The van der Waals surface area contributed by atoms with Crippen LogP contribution in [0.2, 0.25) is 0 Å². The number of halogens is 6. The van der Waals surface area contributed by atoms with Gasteiger partial charge in [0.05, 0.1) is 10.6 Å². The molecule has 0 amide bonds. The molecule has 120 valence electrons. The second-order valence-electron chi connectivity index (χ2n) is 4.00. The van der Waals surface area contributed by atoms with E-state index in [4.69, 9.17) is 0 Å². The van der Waals surface area contributed by atoms with E-state index in [-0.39, 0.29) is 11.9 Å². The van der Waals surface area contributed by atoms with E-state index < -0.39 is 38.9 Å². The Balaban J connectivity index is 3.33. The summed E-state index contributed by atoms with van der Waals surface area (Å²) in [5, 5.41) is 0.117. The van der Waals surface area contributed by atoms with Crippen LogP contribution in [0.15, 0.2) is 29.2 Å². The Kier molecular flexibility index (Phi) is 5.97. The number of nitrogens with zero attached hydrogens (tertiary/aromatic N) is 1. The van der Waals surface area contributed by atoms with Crippen LogP contribution in [0.4, 0.5) is 27.6 Å². The lowest BCUT2D eigenvalue weighted by molar-refractivity contribution is -0.119. The highest BCUT2D eigenvalue weighted by molar-refractivity contribution is 9.09. The second-order valence-corrected chi connectivity index (χ2v) is 6.68. The van der Waals surface area contributed by atoms with Crippen LogP contribution in [0.1, 0.15) is 0 Å². The fraction of sp³-hybridized carbons (Fsp3) is 0.455. The topological polar surface area (TPSA) is 37.4 Å². The first-order valence-electron chi connectivity index (χ1n) is 5.58. The molecule has 1 rings (SSSR count). The van der Waals surface area contributed by atoms with Crippen molar-refractivity contribution >= 4 is 31.5 Å². The number of sulfone groups is 1. The first-order chi connectivity index (χ1) is 9.59. The molecule has 0 radical (unpaired) electrons. The Morgan fingerprint density at radius 1 is 1.19 bits per heavy atom. The van der Waals surface area contributed by atoms with E-state index >= 15 is 0 Å². The van der Waals surface area contributed by atoms with Gasteiger partial charge < -0.3 is 4.90 Å². The second kappa shape index (κ2) is 6.91. The molecule has 0 aliphatic heterocycles. The lowest BCUT2D eigenvalue weighted by Gasteiger charge is -2.27. The molecule has 0 fully saturated rings. The standard InChI is InChI=1S/C11H11BrF5NO2S/c12-5-6-18(7-11(15,16)17)8-3-1-2-4-9(8)21(19,20)10(13)14/h1-4,10H,5-7H2. The maximum Gasteiger partial charge on any atom is 0.405 e. The Morgan fingerprint density at radius 2 is 1.76 bits per heavy atom. The van der Waals surface area contributed by atoms with E-state index in [1.165, 1.54) is 12.1 Å². The van der Waals surface area contributed by atoms with E-state index in [9.17, 15) is 30.4 Å². The molecule has 0 bridgehead atoms. The van der Waals surface area contributed by atoms with Gasteiger partial charge in [-0.3, -0.25) is 0 Å². The van der Waals surface area contributed by atoms with Gasteiger partial charge >= 0.3 is 11.9 Å². The van der Waals surface area contributed by atoms with Gasteiger partial charge in [-0.15, -0.1) is 0 Å². The highest BCUT2D eigenvalue weighted by Crippen LogP contribution is 2.31. The molecule has 0 unspecified atom stereocenters. The van der Waals surface area contributed by atoms with Crippen molar-refractivity contribution in [3.63, 3.8) is 0 Å². The zero-order valence-electron chi connectivity index (χ0n) is 10.4. The summed E-state index contributed by atoms with van der Waals surface area (Å²) in [6.07, 6.45) is -4.59. The number of benzene rings is 1. The molecule has 21 heavy (non-hydrogen) atoms. The van der Waals surface area contributed by atoms with Crippen molar-refractivity contribution < 1.29 is 30.4 Å². The summed E-state index contributed by atoms with van der Waals surface area (Å²) >= 11 is 2.95. The Labute approximate surface area is 126 Å². The number of hydrogen-bond donors (Lipinski definition) is 0. The molecule has 0 saturated heterocycles. The van der Waals surface area contributed by atoms with Crippen molar-refractivity contribution in [2.75, 3.05) is 23.3 Å². The van der Waals surface area contributed by atoms with Gasteiger partial charge in [-0.2, -0.15) is 22.0 Å². The fourth-order valence-corrected chi connectivity index (χ4v) is 3.04. The summed E-state index contributed by atoms with van der Waals surface area (Å²) in [6.45, 7) is -1.62. The lowest BCUT2D eigenvalue weighted by Crippen LogP contribution is -2.36. The molecule has 0 atom stereocenters. The summed E-state index contributed by atoms with van der Waals surface area (Å²) < 4.78 is 86.0. The van der Waals surface area contributed by atoms with Crippen molar-refractivity contribution in [3.05, 3.63) is 24.3 Å². The molecule has 0 aliphatic carbocycles. The third-order valence-electron chi connectivity index (χ3n) is 2.47. The summed E-state index contributed by atoms with van der Waals surface area (Å²) in [5.74, 6) is -3.70. The van der Waals surface area contributed by atoms with Gasteiger partial charge in [0, 0.05) is 11.9 Å². The molecule has 10 heteroatoms. The van der Waals surface area contributed by atoms with Gasteiger partial charge in [-0.1, -0.05) is 28.1 Å². The van der Waals surface area contributed by atoms with Gasteiger partial charge in [-0.25, -0.2) is 8.42 Å². The van der Waals surface area contributed by atoms with Crippen LogP contribution < -0.4 is 4.90 Å². The fourth-order valence-electron chi connectivity index (χ4n) is 1.66. The van der Waals surface area contributed by atoms with Crippen molar-refractivity contribution in [3.8, 4) is 0 Å². The molecule has 1 aromatic carbocycles. The molecule has 0 aliphatic rings. The molecule has 0 heterocycles. The summed E-state index contributed by atoms with van der Waals surface area (Å²) in [6, 6.07) is 4.41. The summed E-state index contributed by atoms with van der Waals surface area (Å²) in [7, 11) is -4.98. The monoisotopic (exact) mass is 395 g/mol. The Bertz CT molecular complexity index is 576. The van der Waals surface area contributed by atoms with E-state index in [0.717, 1.165) is 12.1 Å². The molecular formula is C11H11BrF5NO2S. The predicted octanol–water partition coefficient (Wildman–Crippen LogP) is 3.45. The number of para-hydroxylation sites is 1. The average Bonchev–Trinajstić information content (AvgIpc) is 2.36. The number of hydrogen-bond acceptors (Lipinski definition) is 3. The van der Waals surface area contributed by atoms with Gasteiger partial charge in [0.25, 0.3) is 0 Å². The van der Waals surface area contributed by atoms with E-state index in [1.807, 2.05) is 0 Å². The van der Waals surface area contributed by atoms with Crippen molar-refractivity contribution in [2.45, 2.75) is 16.8 Å². The Morgan fingerprint density at radius 3 is 2.24 bits per heavy atom. The van der Waals surface area contributed by atoms with E-state index in [1.54, 1.807) is 0 Å². The highest BCUT2D eigenvalue weighted by atomic mass is 79.9. The molecule has 0 aromatic heterocycles. The van der Waals surface area contributed by atoms with Gasteiger partial charge in [0.15, 0.2) is 0 Å². The van der Waals surface area contributed by atoms with Gasteiger partial charge in [0.1, 0.15) is 6.54 Å².